The van der Waals surface area contributed by atoms with Crippen molar-refractivity contribution in [3.05, 3.63) is 0 Å². The van der Waals surface area contributed by atoms with Gasteiger partial charge in [-0.05, 0) is 0 Å². The Hall–Kier alpha value is 0.176. The van der Waals surface area contributed by atoms with Crippen LogP contribution in [0.1, 0.15) is 6.92 Å². The first kappa shape index (κ1) is 6.18. The van der Waals surface area contributed by atoms with E-state index in [1.165, 1.54) is 0 Å². The first-order valence-corrected chi connectivity index (χ1v) is 4.14. The molecule has 0 fully saturated rings. The van der Waals surface area contributed by atoms with Crippen LogP contribution in [0.15, 0.2) is 0 Å². The fraction of sp³-hybridized carbons (Fsp3) is 0.750. The van der Waals surface area contributed by atoms with Gasteiger partial charge in [0, 0.05) is 0 Å². The summed E-state index contributed by atoms with van der Waals surface area (Å²) >= 11 is -0.280. The molecule has 0 rings (SSSR count). The number of carbonyl (C=O) groups is 1. The maximum atomic E-state index is 10.2. The van der Waals surface area contributed by atoms with Crippen LogP contribution in [0.25, 0.3) is 0 Å². The molecule has 0 saturated carbocycles. The molecule has 0 heterocycles. The van der Waals surface area contributed by atoms with Crippen molar-refractivity contribution in [3.8, 4) is 0 Å². The van der Waals surface area contributed by atoms with Crippen LogP contribution in [0.3, 0.4) is 0 Å². The Morgan fingerprint density at radius 3 is 1.67 bits per heavy atom. The number of hydrogen-bond acceptors (Lipinski definition) is 1. The molecule has 0 unspecified atom stereocenters. The second kappa shape index (κ2) is 2.37. The second-order valence-electron chi connectivity index (χ2n) is 1.11. The van der Waals surface area contributed by atoms with E-state index in [2.05, 4.69) is 0 Å². The molecule has 0 bridgehead atoms. The first-order valence-electron chi connectivity index (χ1n) is 1.54. The third kappa shape index (κ3) is 2.42. The maximum absolute atomic E-state index is 10.2. The van der Waals surface area contributed by atoms with Gasteiger partial charge in [-0.15, -0.1) is 0 Å². The summed E-state index contributed by atoms with van der Waals surface area (Å²) in [6.07, 6.45) is 0. The molecule has 0 amide bonds. The van der Waals surface area contributed by atoms with Gasteiger partial charge in [-0.1, -0.05) is 0 Å². The summed E-state index contributed by atoms with van der Waals surface area (Å²) in [6, 6.07) is 0. The van der Waals surface area contributed by atoms with Crippen molar-refractivity contribution in [1.29, 1.82) is 0 Å². The molecule has 6 heavy (non-hydrogen) atoms. The van der Waals surface area contributed by atoms with Crippen molar-refractivity contribution in [2.45, 2.75) is 18.6 Å². The van der Waals surface area contributed by atoms with Gasteiger partial charge in [0.2, 0.25) is 0 Å². The molecule has 0 aliphatic heterocycles. The molecular formula is C4H9CoO. The predicted molar refractivity (Wildman–Crippen MR) is 22.4 cm³/mol. The average molecular weight is 132 g/mol. The monoisotopic (exact) mass is 132 g/mol. The average Bonchev–Trinajstić information content (AvgIpc) is 1.36. The summed E-state index contributed by atoms with van der Waals surface area (Å²) in [5.41, 5.74) is 0. The van der Waals surface area contributed by atoms with Gasteiger partial charge >= 0.3 is 41.8 Å². The van der Waals surface area contributed by atoms with Gasteiger partial charge in [-0.3, -0.25) is 0 Å². The van der Waals surface area contributed by atoms with E-state index in [0.717, 1.165) is 0 Å². The Morgan fingerprint density at radius 1 is 1.50 bits per heavy atom. The zero-order chi connectivity index (χ0) is 5.15. The quantitative estimate of drug-likeness (QED) is 0.524. The summed E-state index contributed by atoms with van der Waals surface area (Å²) in [7, 11) is 0. The molecule has 0 aliphatic rings. The summed E-state index contributed by atoms with van der Waals surface area (Å²) in [6.45, 7) is 1.63. The standard InChI is InChI=1S/C2H3O.2CH3.Co/c1-2-3;;;/h1H3;2*1H3;. The topological polar surface area (TPSA) is 17.1 Å². The summed E-state index contributed by atoms with van der Waals surface area (Å²) in [5.74, 6) is 3.91. The normalized spacial score (nSPS) is 10.8. The van der Waals surface area contributed by atoms with E-state index in [-0.39, 0.29) is 13.7 Å². The fourth-order valence-electron chi connectivity index (χ4n) is 0. The Kier molecular flexibility index (Phi) is 2.44. The van der Waals surface area contributed by atoms with Crippen LogP contribution in [-0.4, -0.2) is 4.72 Å². The molecular weight excluding hydrogens is 123 g/mol. The zero-order valence-corrected chi connectivity index (χ0v) is 5.28. The van der Waals surface area contributed by atoms with Crippen LogP contribution in [0.2, 0.25) is 11.7 Å². The van der Waals surface area contributed by atoms with Gasteiger partial charge in [0.1, 0.15) is 0 Å². The van der Waals surface area contributed by atoms with Crippen molar-refractivity contribution in [1.82, 2.24) is 0 Å². The fourth-order valence-corrected chi connectivity index (χ4v) is 0. The van der Waals surface area contributed by atoms with Gasteiger partial charge in [0.25, 0.3) is 0 Å². The minimum absolute atomic E-state index is 0.280. The zero-order valence-electron chi connectivity index (χ0n) is 4.24. The Labute approximate surface area is 42.5 Å². The van der Waals surface area contributed by atoms with Crippen LogP contribution in [0, 0.1) is 0 Å². The minimum atomic E-state index is -0.280. The van der Waals surface area contributed by atoms with Crippen molar-refractivity contribution in [3.63, 3.8) is 0 Å². The van der Waals surface area contributed by atoms with E-state index in [1.807, 2.05) is 11.7 Å². The molecule has 2 heteroatoms. The third-order valence-corrected chi connectivity index (χ3v) is 1.94. The molecule has 0 atom stereocenters. The van der Waals surface area contributed by atoms with Crippen molar-refractivity contribution in [2.24, 2.45) is 0 Å². The van der Waals surface area contributed by atoms with Crippen LogP contribution < -0.4 is 0 Å². The van der Waals surface area contributed by atoms with Crippen LogP contribution in [0.4, 0.5) is 0 Å². The first-order chi connectivity index (χ1) is 2.64. The molecule has 0 radical (unpaired) electrons. The van der Waals surface area contributed by atoms with E-state index in [4.69, 9.17) is 0 Å². The second-order valence-corrected chi connectivity index (χ2v) is 3.92. The molecule has 0 aromatic heterocycles. The van der Waals surface area contributed by atoms with Crippen LogP contribution in [0.5, 0.6) is 0 Å². The van der Waals surface area contributed by atoms with Gasteiger partial charge in [-0.25, -0.2) is 0 Å². The van der Waals surface area contributed by atoms with E-state index in [1.54, 1.807) is 6.92 Å². The van der Waals surface area contributed by atoms with E-state index < -0.39 is 0 Å². The molecule has 40 valence electrons. The van der Waals surface area contributed by atoms with Gasteiger partial charge in [0.05, 0.1) is 0 Å². The van der Waals surface area contributed by atoms with E-state index in [0.29, 0.717) is 4.72 Å². The van der Waals surface area contributed by atoms with E-state index >= 15 is 0 Å². The van der Waals surface area contributed by atoms with Crippen molar-refractivity contribution < 1.29 is 18.4 Å². The van der Waals surface area contributed by atoms with Gasteiger partial charge in [0.15, 0.2) is 0 Å². The number of carbonyl (C=O) groups excluding carboxylic acids is 1. The van der Waals surface area contributed by atoms with Crippen LogP contribution in [-0.2, 0) is 18.4 Å². The number of rotatable bonds is 1. The molecule has 1 nitrogen and oxygen atoms in total. The Balaban J connectivity index is 3.26. The SMILES string of the molecule is C[C](=O)[Co]([CH3])[CH3]. The van der Waals surface area contributed by atoms with Crippen LogP contribution >= 0.6 is 0 Å². The number of hydrogen-bond donors (Lipinski definition) is 0. The van der Waals surface area contributed by atoms with Crippen molar-refractivity contribution in [2.75, 3.05) is 0 Å². The molecule has 0 aliphatic carbocycles. The molecule has 0 aromatic rings. The molecule has 0 spiro atoms. The van der Waals surface area contributed by atoms with Gasteiger partial charge in [-0.2, -0.15) is 0 Å². The summed E-state index contributed by atoms with van der Waals surface area (Å²) in [4.78, 5) is 10.2. The molecule has 0 aromatic carbocycles. The molecule has 0 saturated heterocycles. The summed E-state index contributed by atoms with van der Waals surface area (Å²) < 4.78 is 0.322. The van der Waals surface area contributed by atoms with Crippen molar-refractivity contribution >= 4 is 4.72 Å². The van der Waals surface area contributed by atoms with Gasteiger partial charge < -0.3 is 0 Å². The van der Waals surface area contributed by atoms with E-state index in [9.17, 15) is 4.79 Å². The molecule has 0 N–H and O–H groups in total. The Morgan fingerprint density at radius 2 is 1.67 bits per heavy atom. The summed E-state index contributed by atoms with van der Waals surface area (Å²) in [5, 5.41) is 0. The third-order valence-electron chi connectivity index (χ3n) is 0.469. The predicted octanol–water partition coefficient (Wildman–Crippen LogP) is 1.25. The Bertz CT molecular complexity index is 58.6.